The summed E-state index contributed by atoms with van der Waals surface area (Å²) in [5.74, 6) is -0.342. The minimum absolute atomic E-state index is 0.0569. The number of hydrogen-bond donors (Lipinski definition) is 0. The first-order valence-electron chi connectivity index (χ1n) is 4.97. The van der Waals surface area contributed by atoms with Crippen molar-refractivity contribution in [3.63, 3.8) is 0 Å². The molecule has 16 heavy (non-hydrogen) atoms. The van der Waals surface area contributed by atoms with Crippen molar-refractivity contribution in [3.8, 4) is 0 Å². The zero-order chi connectivity index (χ0) is 11.5. The van der Waals surface area contributed by atoms with Gasteiger partial charge in [-0.2, -0.15) is 0 Å². The number of rotatable bonds is 3. The van der Waals surface area contributed by atoms with Gasteiger partial charge < -0.3 is 0 Å². The molecule has 0 unspecified atom stereocenters. The van der Waals surface area contributed by atoms with Crippen molar-refractivity contribution in [2.75, 3.05) is 6.61 Å². The molecule has 0 fully saturated rings. The van der Waals surface area contributed by atoms with Gasteiger partial charge in [0.05, 0.1) is 0 Å². The summed E-state index contributed by atoms with van der Waals surface area (Å²) in [5.41, 5.74) is -0.0661. The fourth-order valence-electron chi connectivity index (χ4n) is 1.45. The van der Waals surface area contributed by atoms with Gasteiger partial charge in [0, 0.05) is 0 Å². The SMILES string of the molecule is CCOC(=O)Cn1[se]c2ccccc2c1=O. The molecule has 0 radical (unpaired) electrons. The van der Waals surface area contributed by atoms with Gasteiger partial charge in [-0.15, -0.1) is 0 Å². The van der Waals surface area contributed by atoms with Crippen LogP contribution in [0.15, 0.2) is 29.1 Å². The van der Waals surface area contributed by atoms with Crippen molar-refractivity contribution >= 4 is 30.3 Å². The van der Waals surface area contributed by atoms with E-state index in [-0.39, 0.29) is 32.8 Å². The van der Waals surface area contributed by atoms with Crippen molar-refractivity contribution < 1.29 is 9.53 Å². The van der Waals surface area contributed by atoms with E-state index in [4.69, 9.17) is 4.74 Å². The van der Waals surface area contributed by atoms with Crippen LogP contribution in [0.3, 0.4) is 0 Å². The average Bonchev–Trinajstić information content (AvgIpc) is 2.57. The second-order valence-corrected chi connectivity index (χ2v) is 5.46. The number of benzene rings is 1. The molecule has 0 saturated carbocycles. The average molecular weight is 284 g/mol. The molecule has 2 rings (SSSR count). The molecule has 0 aliphatic carbocycles. The van der Waals surface area contributed by atoms with Gasteiger partial charge in [0.15, 0.2) is 0 Å². The number of carbonyl (C=O) groups excluding carboxylic acids is 1. The van der Waals surface area contributed by atoms with Gasteiger partial charge in [-0.05, 0) is 0 Å². The van der Waals surface area contributed by atoms with Crippen LogP contribution < -0.4 is 5.56 Å². The third kappa shape index (κ3) is 2.10. The van der Waals surface area contributed by atoms with Crippen LogP contribution in [0, 0.1) is 0 Å². The molecular formula is C11H11NO3Se. The predicted octanol–water partition coefficient (Wildman–Crippen LogP) is 0.622. The molecule has 0 aliphatic rings. The first-order valence-corrected chi connectivity index (χ1v) is 6.59. The van der Waals surface area contributed by atoms with E-state index in [0.29, 0.717) is 12.0 Å². The third-order valence-corrected chi connectivity index (χ3v) is 4.37. The van der Waals surface area contributed by atoms with Crippen molar-refractivity contribution in [1.82, 2.24) is 3.56 Å². The van der Waals surface area contributed by atoms with Crippen molar-refractivity contribution in [3.05, 3.63) is 34.6 Å². The van der Waals surface area contributed by atoms with Crippen LogP contribution in [0.25, 0.3) is 9.65 Å². The zero-order valence-electron chi connectivity index (χ0n) is 8.80. The number of aromatic nitrogens is 1. The van der Waals surface area contributed by atoms with Crippen molar-refractivity contribution in [2.24, 2.45) is 0 Å². The Morgan fingerprint density at radius 3 is 2.88 bits per heavy atom. The standard InChI is InChI=1S/C11H11NO3Se/c1-2-15-10(13)7-12-11(14)8-5-3-4-6-9(8)16-12/h3-6H,2,7H2,1H3. The van der Waals surface area contributed by atoms with Crippen LogP contribution in [-0.4, -0.2) is 30.9 Å². The Bertz CT molecular complexity index is 570. The molecule has 2 aromatic rings. The molecule has 0 bridgehead atoms. The Kier molecular flexibility index (Phi) is 3.27. The van der Waals surface area contributed by atoms with Crippen LogP contribution in [0.1, 0.15) is 6.92 Å². The maximum atomic E-state index is 11.9. The normalized spacial score (nSPS) is 10.6. The monoisotopic (exact) mass is 285 g/mol. The van der Waals surface area contributed by atoms with E-state index < -0.39 is 0 Å². The van der Waals surface area contributed by atoms with Crippen LogP contribution in [0.2, 0.25) is 0 Å². The first kappa shape index (κ1) is 11.2. The minimum atomic E-state index is -0.342. The van der Waals surface area contributed by atoms with E-state index in [1.807, 2.05) is 18.2 Å². The Hall–Kier alpha value is -1.32. The van der Waals surface area contributed by atoms with Crippen LogP contribution >= 0.6 is 0 Å². The van der Waals surface area contributed by atoms with Gasteiger partial charge in [0.1, 0.15) is 0 Å². The summed E-state index contributed by atoms with van der Waals surface area (Å²) in [4.78, 5) is 23.2. The van der Waals surface area contributed by atoms with Gasteiger partial charge in [0.25, 0.3) is 0 Å². The van der Waals surface area contributed by atoms with E-state index >= 15 is 0 Å². The number of carbonyl (C=O) groups is 1. The quantitative estimate of drug-likeness (QED) is 0.613. The molecule has 84 valence electrons. The van der Waals surface area contributed by atoms with E-state index in [2.05, 4.69) is 0 Å². The summed E-state index contributed by atoms with van der Waals surface area (Å²) < 4.78 is 7.43. The Morgan fingerprint density at radius 2 is 2.19 bits per heavy atom. The maximum absolute atomic E-state index is 11.9. The van der Waals surface area contributed by atoms with E-state index in [9.17, 15) is 9.59 Å². The van der Waals surface area contributed by atoms with Gasteiger partial charge in [-0.3, -0.25) is 0 Å². The Morgan fingerprint density at radius 1 is 1.44 bits per heavy atom. The van der Waals surface area contributed by atoms with Gasteiger partial charge in [0.2, 0.25) is 0 Å². The van der Waals surface area contributed by atoms with Crippen molar-refractivity contribution in [2.45, 2.75) is 13.5 Å². The molecule has 0 N–H and O–H groups in total. The molecule has 0 amide bonds. The molecule has 0 saturated heterocycles. The molecule has 1 aromatic carbocycles. The number of esters is 1. The third-order valence-electron chi connectivity index (χ3n) is 2.13. The second kappa shape index (κ2) is 4.68. The predicted molar refractivity (Wildman–Crippen MR) is 61.8 cm³/mol. The molecular weight excluding hydrogens is 273 g/mol. The van der Waals surface area contributed by atoms with Crippen molar-refractivity contribution in [1.29, 1.82) is 0 Å². The molecule has 5 heteroatoms. The van der Waals surface area contributed by atoms with Gasteiger partial charge >= 0.3 is 98.1 Å². The van der Waals surface area contributed by atoms with E-state index in [1.165, 1.54) is 0 Å². The first-order chi connectivity index (χ1) is 7.72. The second-order valence-electron chi connectivity index (χ2n) is 3.23. The number of fused-ring (bicyclic) bond motifs is 1. The van der Waals surface area contributed by atoms with Crippen LogP contribution in [0.5, 0.6) is 0 Å². The topological polar surface area (TPSA) is 48.3 Å². The zero-order valence-corrected chi connectivity index (χ0v) is 10.5. The van der Waals surface area contributed by atoms with Gasteiger partial charge in [-0.25, -0.2) is 0 Å². The molecule has 4 nitrogen and oxygen atoms in total. The summed E-state index contributed by atoms with van der Waals surface area (Å²) in [6.07, 6.45) is 0. The Balaban J connectivity index is 2.35. The van der Waals surface area contributed by atoms with Crippen LogP contribution in [0.4, 0.5) is 0 Å². The summed E-state index contributed by atoms with van der Waals surface area (Å²) in [6.45, 7) is 2.16. The molecule has 0 spiro atoms. The molecule has 1 heterocycles. The Labute approximate surface area is 98.4 Å². The fraction of sp³-hybridized carbons (Fsp3) is 0.273. The fourth-order valence-corrected chi connectivity index (χ4v) is 3.51. The number of ether oxygens (including phenoxy) is 1. The number of nitrogens with zero attached hydrogens (tertiary/aromatic N) is 1. The van der Waals surface area contributed by atoms with Crippen LogP contribution in [-0.2, 0) is 16.1 Å². The summed E-state index contributed by atoms with van der Waals surface area (Å²) >= 11 is -0.0968. The number of hydrogen-bond acceptors (Lipinski definition) is 3. The summed E-state index contributed by atoms with van der Waals surface area (Å²) in [5, 5.41) is 0.715. The van der Waals surface area contributed by atoms with E-state index in [0.717, 1.165) is 4.26 Å². The molecule has 0 aliphatic heterocycles. The van der Waals surface area contributed by atoms with Gasteiger partial charge in [-0.1, -0.05) is 0 Å². The summed E-state index contributed by atoms with van der Waals surface area (Å²) in [6, 6.07) is 7.46. The van der Waals surface area contributed by atoms with E-state index in [1.54, 1.807) is 16.6 Å². The summed E-state index contributed by atoms with van der Waals surface area (Å²) in [7, 11) is 0. The molecule has 1 aromatic heterocycles. The molecule has 0 atom stereocenters.